The van der Waals surface area contributed by atoms with Gasteiger partial charge in [0.05, 0.1) is 26.3 Å². The Labute approximate surface area is 147 Å². The molecule has 2 aromatic rings. The van der Waals surface area contributed by atoms with Gasteiger partial charge in [0, 0.05) is 0 Å². The third-order valence-corrected chi connectivity index (χ3v) is 3.83. The van der Waals surface area contributed by atoms with Crippen LogP contribution in [0.2, 0.25) is 15.1 Å². The summed E-state index contributed by atoms with van der Waals surface area (Å²) in [5, 5.41) is 3.32. The number of primary amides is 1. The van der Waals surface area contributed by atoms with Crippen molar-refractivity contribution in [3.8, 4) is 5.75 Å². The summed E-state index contributed by atoms with van der Waals surface area (Å²) in [7, 11) is 0. The van der Waals surface area contributed by atoms with Gasteiger partial charge in [-0.15, -0.1) is 0 Å². The number of para-hydroxylation sites is 1. The number of amides is 2. The zero-order valence-corrected chi connectivity index (χ0v) is 13.9. The van der Waals surface area contributed by atoms with Crippen molar-refractivity contribution in [2.75, 3.05) is 11.9 Å². The van der Waals surface area contributed by atoms with Gasteiger partial charge in [0.1, 0.15) is 5.75 Å². The molecule has 2 rings (SSSR count). The maximum atomic E-state index is 11.9. The maximum Gasteiger partial charge on any atom is 0.262 e. The Morgan fingerprint density at radius 3 is 2.39 bits per heavy atom. The van der Waals surface area contributed by atoms with Gasteiger partial charge in [0.25, 0.3) is 11.8 Å². The zero-order valence-electron chi connectivity index (χ0n) is 11.6. The van der Waals surface area contributed by atoms with Crippen molar-refractivity contribution in [1.29, 1.82) is 0 Å². The molecule has 5 nitrogen and oxygen atoms in total. The van der Waals surface area contributed by atoms with Crippen molar-refractivity contribution in [3.63, 3.8) is 0 Å². The second-order valence-corrected chi connectivity index (χ2v) is 5.67. The highest BCUT2D eigenvalue weighted by atomic mass is 35.5. The van der Waals surface area contributed by atoms with Gasteiger partial charge in [-0.3, -0.25) is 9.59 Å². The van der Waals surface area contributed by atoms with E-state index >= 15 is 0 Å². The summed E-state index contributed by atoms with van der Waals surface area (Å²) in [4.78, 5) is 23.2. The highest BCUT2D eigenvalue weighted by Gasteiger charge is 2.12. The van der Waals surface area contributed by atoms with Gasteiger partial charge in [-0.05, 0) is 24.3 Å². The monoisotopic (exact) mass is 372 g/mol. The number of rotatable bonds is 5. The van der Waals surface area contributed by atoms with Crippen molar-refractivity contribution in [1.82, 2.24) is 0 Å². The van der Waals surface area contributed by atoms with Crippen molar-refractivity contribution in [2.24, 2.45) is 5.73 Å². The van der Waals surface area contributed by atoms with Crippen LogP contribution in [0.5, 0.6) is 5.75 Å². The Kier molecular flexibility index (Phi) is 5.71. The maximum absolute atomic E-state index is 11.9. The molecule has 0 atom stereocenters. The Morgan fingerprint density at radius 1 is 1.04 bits per heavy atom. The Balaban J connectivity index is 2.04. The van der Waals surface area contributed by atoms with Crippen LogP contribution in [0.1, 0.15) is 10.4 Å². The first-order valence-electron chi connectivity index (χ1n) is 6.34. The van der Waals surface area contributed by atoms with Crippen LogP contribution in [0.3, 0.4) is 0 Å². The zero-order chi connectivity index (χ0) is 17.0. The first kappa shape index (κ1) is 17.4. The van der Waals surface area contributed by atoms with Gasteiger partial charge in [0.2, 0.25) is 0 Å². The first-order valence-corrected chi connectivity index (χ1v) is 7.48. The van der Waals surface area contributed by atoms with Crippen LogP contribution in [0.25, 0.3) is 0 Å². The summed E-state index contributed by atoms with van der Waals surface area (Å²) in [6.45, 7) is -0.332. The number of nitrogens with two attached hydrogens (primary N) is 1. The number of benzene rings is 2. The molecule has 2 amide bonds. The third-order valence-electron chi connectivity index (χ3n) is 2.80. The summed E-state index contributed by atoms with van der Waals surface area (Å²) in [6, 6.07) is 9.20. The molecule has 0 radical (unpaired) electrons. The lowest BCUT2D eigenvalue weighted by Crippen LogP contribution is -2.21. The molecular formula is C15H11Cl3N2O3. The molecule has 0 aliphatic rings. The summed E-state index contributed by atoms with van der Waals surface area (Å²) in [6.07, 6.45) is 0. The third kappa shape index (κ3) is 4.51. The number of halogens is 3. The SMILES string of the molecule is NC(=O)c1ccccc1OCC(=O)Nc1cc(Cl)c(Cl)cc1Cl. The summed E-state index contributed by atoms with van der Waals surface area (Å²) >= 11 is 17.7. The van der Waals surface area contributed by atoms with Gasteiger partial charge in [-0.2, -0.15) is 0 Å². The molecule has 0 bridgehead atoms. The fourth-order valence-electron chi connectivity index (χ4n) is 1.74. The summed E-state index contributed by atoms with van der Waals surface area (Å²) in [5.74, 6) is -0.909. The van der Waals surface area contributed by atoms with Crippen molar-refractivity contribution >= 4 is 52.3 Å². The molecule has 0 saturated heterocycles. The largest absolute Gasteiger partial charge is 0.483 e. The van der Waals surface area contributed by atoms with Crippen LogP contribution in [-0.2, 0) is 4.79 Å². The lowest BCUT2D eigenvalue weighted by molar-refractivity contribution is -0.118. The quantitative estimate of drug-likeness (QED) is 0.783. The van der Waals surface area contributed by atoms with E-state index in [0.717, 1.165) is 0 Å². The van der Waals surface area contributed by atoms with E-state index in [9.17, 15) is 9.59 Å². The predicted molar refractivity (Wildman–Crippen MR) is 90.6 cm³/mol. The highest BCUT2D eigenvalue weighted by Crippen LogP contribution is 2.32. The molecule has 0 aliphatic carbocycles. The highest BCUT2D eigenvalue weighted by molar-refractivity contribution is 6.44. The van der Waals surface area contributed by atoms with Gasteiger partial charge in [-0.25, -0.2) is 0 Å². The Bertz CT molecular complexity index is 766. The molecule has 120 valence electrons. The smallest absolute Gasteiger partial charge is 0.262 e. The molecule has 0 fully saturated rings. The molecule has 0 spiro atoms. The molecule has 0 unspecified atom stereocenters. The minimum Gasteiger partial charge on any atom is -0.483 e. The minimum atomic E-state index is -0.645. The Morgan fingerprint density at radius 2 is 1.70 bits per heavy atom. The number of nitrogens with one attached hydrogen (secondary N) is 1. The van der Waals surface area contributed by atoms with Gasteiger partial charge < -0.3 is 15.8 Å². The van der Waals surface area contributed by atoms with Crippen LogP contribution in [0, 0.1) is 0 Å². The van der Waals surface area contributed by atoms with Crippen LogP contribution in [-0.4, -0.2) is 18.4 Å². The number of carbonyl (C=O) groups is 2. The predicted octanol–water partition coefficient (Wildman–Crippen LogP) is 3.76. The van der Waals surface area contributed by atoms with Crippen molar-refractivity contribution in [2.45, 2.75) is 0 Å². The van der Waals surface area contributed by atoms with E-state index in [1.54, 1.807) is 18.2 Å². The standard InChI is InChI=1S/C15H11Cl3N2O3/c16-9-5-11(18)12(6-10(9)17)20-14(21)7-23-13-4-2-1-3-8(13)15(19)22/h1-6H,7H2,(H2,19,22)(H,20,21). The molecule has 0 aromatic heterocycles. The van der Waals surface area contributed by atoms with E-state index in [4.69, 9.17) is 45.3 Å². The van der Waals surface area contributed by atoms with E-state index < -0.39 is 11.8 Å². The fourth-order valence-corrected chi connectivity index (χ4v) is 2.34. The minimum absolute atomic E-state index is 0.188. The van der Waals surface area contributed by atoms with Crippen molar-refractivity contribution in [3.05, 3.63) is 57.0 Å². The van der Waals surface area contributed by atoms with Crippen LogP contribution >= 0.6 is 34.8 Å². The van der Waals surface area contributed by atoms with Gasteiger partial charge in [-0.1, -0.05) is 46.9 Å². The second kappa shape index (κ2) is 7.55. The van der Waals surface area contributed by atoms with Crippen LogP contribution in [0.15, 0.2) is 36.4 Å². The van der Waals surface area contributed by atoms with Gasteiger partial charge >= 0.3 is 0 Å². The molecule has 0 saturated carbocycles. The number of anilines is 1. The number of ether oxygens (including phenoxy) is 1. The molecular weight excluding hydrogens is 363 g/mol. The lowest BCUT2D eigenvalue weighted by atomic mass is 10.2. The summed E-state index contributed by atoms with van der Waals surface area (Å²) < 4.78 is 5.31. The van der Waals surface area contributed by atoms with Crippen molar-refractivity contribution < 1.29 is 14.3 Å². The van der Waals surface area contributed by atoms with Crippen LogP contribution < -0.4 is 15.8 Å². The number of hydrogen-bond acceptors (Lipinski definition) is 3. The van der Waals surface area contributed by atoms with E-state index in [2.05, 4.69) is 5.32 Å². The molecule has 3 N–H and O–H groups in total. The van der Waals surface area contributed by atoms with E-state index in [1.165, 1.54) is 18.2 Å². The fraction of sp³-hybridized carbons (Fsp3) is 0.0667. The van der Waals surface area contributed by atoms with E-state index in [0.29, 0.717) is 5.69 Å². The molecule has 23 heavy (non-hydrogen) atoms. The number of carbonyl (C=O) groups excluding carboxylic acids is 2. The lowest BCUT2D eigenvalue weighted by Gasteiger charge is -2.11. The average molecular weight is 374 g/mol. The van der Waals surface area contributed by atoms with E-state index in [1.807, 2.05) is 0 Å². The normalized spacial score (nSPS) is 10.2. The topological polar surface area (TPSA) is 81.4 Å². The Hall–Kier alpha value is -1.95. The van der Waals surface area contributed by atoms with Gasteiger partial charge in [0.15, 0.2) is 6.61 Å². The van der Waals surface area contributed by atoms with E-state index in [-0.39, 0.29) is 33.0 Å². The molecule has 0 aliphatic heterocycles. The van der Waals surface area contributed by atoms with Crippen LogP contribution in [0.4, 0.5) is 5.69 Å². The second-order valence-electron chi connectivity index (χ2n) is 4.44. The number of hydrogen-bond donors (Lipinski definition) is 2. The molecule has 8 heteroatoms. The first-order chi connectivity index (χ1) is 10.9. The molecule has 0 heterocycles. The average Bonchev–Trinajstić information content (AvgIpc) is 2.50. The summed E-state index contributed by atoms with van der Waals surface area (Å²) in [5.41, 5.74) is 5.72. The molecule has 2 aromatic carbocycles.